The quantitative estimate of drug-likeness (QED) is 0.484. The average Bonchev–Trinajstić information content (AvgIpc) is 3.05. The van der Waals surface area contributed by atoms with Crippen molar-refractivity contribution < 1.29 is 4.79 Å². The van der Waals surface area contributed by atoms with Crippen LogP contribution in [0.25, 0.3) is 16.8 Å². The zero-order chi connectivity index (χ0) is 18.8. The number of anilines is 4. The van der Waals surface area contributed by atoms with E-state index in [0.717, 1.165) is 28.1 Å². The minimum atomic E-state index is -0.0918. The molecular formula is C20H18N6O. The molecule has 0 aliphatic heterocycles. The van der Waals surface area contributed by atoms with E-state index in [1.807, 2.05) is 66.9 Å². The predicted octanol–water partition coefficient (Wildman–Crippen LogP) is 3.68. The zero-order valence-electron chi connectivity index (χ0n) is 14.7. The Morgan fingerprint density at radius 3 is 2.48 bits per heavy atom. The van der Waals surface area contributed by atoms with Gasteiger partial charge in [-0.25, -0.2) is 4.52 Å². The van der Waals surface area contributed by atoms with E-state index in [9.17, 15) is 4.79 Å². The van der Waals surface area contributed by atoms with Gasteiger partial charge in [0, 0.05) is 24.4 Å². The first kappa shape index (κ1) is 16.6. The van der Waals surface area contributed by atoms with Crippen molar-refractivity contribution in [2.45, 2.75) is 6.92 Å². The number of nitrogens with zero attached hydrogens (tertiary/aromatic N) is 3. The lowest BCUT2D eigenvalue weighted by Gasteiger charge is -2.05. The van der Waals surface area contributed by atoms with Crippen LogP contribution in [0.5, 0.6) is 0 Å². The lowest BCUT2D eigenvalue weighted by atomic mass is 10.1. The number of amides is 1. The van der Waals surface area contributed by atoms with Gasteiger partial charge in [0.15, 0.2) is 5.65 Å². The van der Waals surface area contributed by atoms with Crippen molar-refractivity contribution in [3.63, 3.8) is 0 Å². The Balaban J connectivity index is 1.61. The summed E-state index contributed by atoms with van der Waals surface area (Å²) in [6.45, 7) is 1.49. The molecule has 0 spiro atoms. The van der Waals surface area contributed by atoms with Crippen molar-refractivity contribution in [3.05, 3.63) is 66.9 Å². The van der Waals surface area contributed by atoms with Gasteiger partial charge in [-0.05, 0) is 42.0 Å². The highest BCUT2D eigenvalue weighted by Crippen LogP contribution is 2.24. The molecule has 7 nitrogen and oxygen atoms in total. The van der Waals surface area contributed by atoms with Crippen LogP contribution >= 0.6 is 0 Å². The molecule has 4 N–H and O–H groups in total. The molecule has 4 aromatic rings. The number of nitrogens with two attached hydrogens (primary N) is 1. The van der Waals surface area contributed by atoms with Gasteiger partial charge in [0.05, 0.1) is 11.4 Å². The van der Waals surface area contributed by atoms with Gasteiger partial charge in [-0.3, -0.25) is 4.79 Å². The van der Waals surface area contributed by atoms with Crippen molar-refractivity contribution >= 4 is 34.6 Å². The van der Waals surface area contributed by atoms with Crippen LogP contribution in [-0.2, 0) is 4.79 Å². The zero-order valence-corrected chi connectivity index (χ0v) is 14.7. The third kappa shape index (κ3) is 3.57. The van der Waals surface area contributed by atoms with Crippen LogP contribution < -0.4 is 16.4 Å². The summed E-state index contributed by atoms with van der Waals surface area (Å²) < 4.78 is 1.72. The van der Waals surface area contributed by atoms with Crippen molar-refractivity contribution in [1.82, 2.24) is 14.6 Å². The topological polar surface area (TPSA) is 97.3 Å². The van der Waals surface area contributed by atoms with Crippen molar-refractivity contribution in [1.29, 1.82) is 0 Å². The minimum absolute atomic E-state index is 0.0918. The number of carbonyl (C=O) groups excluding carboxylic acids is 1. The highest BCUT2D eigenvalue weighted by Gasteiger charge is 2.07. The summed E-state index contributed by atoms with van der Waals surface area (Å²) in [7, 11) is 0. The van der Waals surface area contributed by atoms with Crippen LogP contribution in [0.3, 0.4) is 0 Å². The van der Waals surface area contributed by atoms with Crippen LogP contribution in [-0.4, -0.2) is 20.5 Å². The fourth-order valence-electron chi connectivity index (χ4n) is 2.79. The Morgan fingerprint density at radius 2 is 1.74 bits per heavy atom. The third-order valence-corrected chi connectivity index (χ3v) is 4.08. The number of para-hydroxylation sites is 2. The lowest BCUT2D eigenvalue weighted by molar-refractivity contribution is -0.114. The minimum Gasteiger partial charge on any atom is -0.397 e. The van der Waals surface area contributed by atoms with Crippen LogP contribution in [0.1, 0.15) is 6.92 Å². The largest absolute Gasteiger partial charge is 0.397 e. The molecule has 7 heteroatoms. The molecule has 1 amide bonds. The Morgan fingerprint density at radius 1 is 1.00 bits per heavy atom. The SMILES string of the molecule is CC(=O)Nc1ccc(-c2ccc3nc(Nc4ccccc4N)nn3c2)cc1. The standard InChI is InChI=1S/C20H18N6O/c1-13(27)22-16-9-6-14(7-10-16)15-8-11-19-24-20(25-26(19)12-15)23-18-5-3-2-4-17(18)21/h2-12H,21H2,1H3,(H,22,27)(H,23,25). The van der Waals surface area contributed by atoms with Crippen LogP contribution in [0, 0.1) is 0 Å². The second-order valence-corrected chi connectivity index (χ2v) is 6.13. The van der Waals surface area contributed by atoms with E-state index < -0.39 is 0 Å². The van der Waals surface area contributed by atoms with Gasteiger partial charge in [-0.15, -0.1) is 5.10 Å². The molecule has 0 aliphatic rings. The lowest BCUT2D eigenvalue weighted by Crippen LogP contribution is -2.05. The summed E-state index contributed by atoms with van der Waals surface area (Å²) in [5, 5.41) is 10.4. The maximum absolute atomic E-state index is 11.1. The third-order valence-electron chi connectivity index (χ3n) is 4.08. The number of benzene rings is 2. The van der Waals surface area contributed by atoms with Crippen molar-refractivity contribution in [3.8, 4) is 11.1 Å². The molecule has 0 radical (unpaired) electrons. The van der Waals surface area contributed by atoms with E-state index in [1.54, 1.807) is 4.52 Å². The number of nitrogens with one attached hydrogen (secondary N) is 2. The first-order valence-electron chi connectivity index (χ1n) is 8.44. The van der Waals surface area contributed by atoms with E-state index in [2.05, 4.69) is 20.7 Å². The Bertz CT molecular complexity index is 1120. The van der Waals surface area contributed by atoms with E-state index in [1.165, 1.54) is 6.92 Å². The van der Waals surface area contributed by atoms with Crippen molar-refractivity contribution in [2.75, 3.05) is 16.4 Å². The van der Waals surface area contributed by atoms with Gasteiger partial charge in [-0.2, -0.15) is 4.98 Å². The number of aromatic nitrogens is 3. The van der Waals surface area contributed by atoms with Gasteiger partial charge >= 0.3 is 0 Å². The molecule has 2 aromatic heterocycles. The molecule has 2 aromatic carbocycles. The molecule has 0 bridgehead atoms. The van der Waals surface area contributed by atoms with E-state index in [0.29, 0.717) is 11.6 Å². The molecule has 27 heavy (non-hydrogen) atoms. The molecule has 0 saturated carbocycles. The fourth-order valence-corrected chi connectivity index (χ4v) is 2.79. The summed E-state index contributed by atoms with van der Waals surface area (Å²) >= 11 is 0. The molecule has 0 atom stereocenters. The maximum Gasteiger partial charge on any atom is 0.247 e. The van der Waals surface area contributed by atoms with E-state index in [4.69, 9.17) is 5.73 Å². The number of fused-ring (bicyclic) bond motifs is 1. The average molecular weight is 358 g/mol. The summed E-state index contributed by atoms with van der Waals surface area (Å²) in [6, 6.07) is 19.0. The number of rotatable bonds is 4. The van der Waals surface area contributed by atoms with Crippen LogP contribution in [0.4, 0.5) is 23.0 Å². The highest BCUT2D eigenvalue weighted by atomic mass is 16.1. The maximum atomic E-state index is 11.1. The predicted molar refractivity (Wildman–Crippen MR) is 107 cm³/mol. The molecule has 0 saturated heterocycles. The Labute approximate surface area is 155 Å². The second kappa shape index (κ2) is 6.80. The number of carbonyl (C=O) groups is 1. The molecule has 4 rings (SSSR count). The summed E-state index contributed by atoms with van der Waals surface area (Å²) in [4.78, 5) is 15.6. The number of hydrogen-bond acceptors (Lipinski definition) is 5. The normalized spacial score (nSPS) is 10.7. The monoisotopic (exact) mass is 358 g/mol. The smallest absolute Gasteiger partial charge is 0.247 e. The number of hydrogen-bond donors (Lipinski definition) is 3. The molecule has 0 aliphatic carbocycles. The van der Waals surface area contributed by atoms with Gasteiger partial charge in [-0.1, -0.05) is 24.3 Å². The molecule has 0 unspecified atom stereocenters. The number of pyridine rings is 1. The summed E-state index contributed by atoms with van der Waals surface area (Å²) in [5.74, 6) is 0.386. The molecule has 0 fully saturated rings. The Kier molecular flexibility index (Phi) is 4.18. The van der Waals surface area contributed by atoms with E-state index in [-0.39, 0.29) is 5.91 Å². The highest BCUT2D eigenvalue weighted by molar-refractivity contribution is 5.89. The molecule has 134 valence electrons. The second-order valence-electron chi connectivity index (χ2n) is 6.13. The fraction of sp³-hybridized carbons (Fsp3) is 0.0500. The molecule has 2 heterocycles. The van der Waals surface area contributed by atoms with Gasteiger partial charge in [0.25, 0.3) is 0 Å². The molecular weight excluding hydrogens is 340 g/mol. The van der Waals surface area contributed by atoms with Crippen LogP contribution in [0.15, 0.2) is 66.9 Å². The van der Waals surface area contributed by atoms with Gasteiger partial charge < -0.3 is 16.4 Å². The first-order chi connectivity index (χ1) is 13.1. The van der Waals surface area contributed by atoms with Gasteiger partial charge in [0.1, 0.15) is 0 Å². The summed E-state index contributed by atoms with van der Waals surface area (Å²) in [6.07, 6.45) is 1.91. The first-order valence-corrected chi connectivity index (χ1v) is 8.44. The summed E-state index contributed by atoms with van der Waals surface area (Å²) in [5.41, 5.74) is 10.9. The number of nitrogen functional groups attached to an aromatic ring is 1. The van der Waals surface area contributed by atoms with Crippen molar-refractivity contribution in [2.24, 2.45) is 0 Å². The van der Waals surface area contributed by atoms with E-state index >= 15 is 0 Å². The van der Waals surface area contributed by atoms with Gasteiger partial charge in [0.2, 0.25) is 11.9 Å². The van der Waals surface area contributed by atoms with Crippen LogP contribution in [0.2, 0.25) is 0 Å². The Hall–Kier alpha value is -3.87.